The van der Waals surface area contributed by atoms with E-state index in [9.17, 15) is 14.9 Å². The maximum atomic E-state index is 11.3. The third-order valence-electron chi connectivity index (χ3n) is 2.28. The highest BCUT2D eigenvalue weighted by Gasteiger charge is 2.14. The number of carbonyl (C=O) groups excluding carboxylic acids is 1. The van der Waals surface area contributed by atoms with Crippen molar-refractivity contribution in [1.82, 2.24) is 0 Å². The summed E-state index contributed by atoms with van der Waals surface area (Å²) < 4.78 is 4.75. The number of hydrogen-bond donors (Lipinski definition) is 2. The second-order valence-electron chi connectivity index (χ2n) is 3.85. The van der Waals surface area contributed by atoms with E-state index in [-0.39, 0.29) is 28.7 Å². The van der Waals surface area contributed by atoms with Crippen molar-refractivity contribution >= 4 is 34.6 Å². The lowest BCUT2D eigenvalue weighted by atomic mass is 10.2. The van der Waals surface area contributed by atoms with Gasteiger partial charge in [0.2, 0.25) is 0 Å². The fraction of sp³-hybridized carbons (Fsp3) is 0.250. The number of esters is 1. The smallest absolute Gasteiger partial charge is 0.332 e. The van der Waals surface area contributed by atoms with Gasteiger partial charge in [-0.2, -0.15) is 0 Å². The number of benzene rings is 1. The summed E-state index contributed by atoms with van der Waals surface area (Å²) in [6.45, 7) is 3.54. The number of anilines is 2. The molecule has 0 aliphatic carbocycles. The minimum absolute atomic E-state index is 0.0608. The summed E-state index contributed by atoms with van der Waals surface area (Å²) in [6, 6.07) is 2.40. The number of allylic oxidation sites excluding steroid dienone is 1. The van der Waals surface area contributed by atoms with Crippen LogP contribution < -0.4 is 11.1 Å². The molecular weight excluding hydrogens is 286 g/mol. The van der Waals surface area contributed by atoms with Crippen LogP contribution in [0.25, 0.3) is 0 Å². The minimum Gasteiger partial charge on any atom is -0.463 e. The predicted octanol–water partition coefficient (Wildman–Crippen LogP) is 2.71. The number of ether oxygens (including phenoxy) is 1. The number of halogens is 1. The quantitative estimate of drug-likeness (QED) is 0.284. The van der Waals surface area contributed by atoms with Gasteiger partial charge in [0.05, 0.1) is 27.9 Å². The van der Waals surface area contributed by atoms with Gasteiger partial charge < -0.3 is 15.8 Å². The molecule has 0 spiro atoms. The average Bonchev–Trinajstić information content (AvgIpc) is 2.34. The maximum Gasteiger partial charge on any atom is 0.332 e. The van der Waals surface area contributed by atoms with E-state index in [1.807, 2.05) is 0 Å². The largest absolute Gasteiger partial charge is 0.463 e. The molecule has 8 heteroatoms. The Morgan fingerprint density at radius 3 is 2.80 bits per heavy atom. The van der Waals surface area contributed by atoms with E-state index in [0.29, 0.717) is 5.70 Å². The van der Waals surface area contributed by atoms with Crippen molar-refractivity contribution in [2.75, 3.05) is 17.7 Å². The molecular formula is C12H14ClN3O4. The molecule has 1 aromatic rings. The fourth-order valence-electron chi connectivity index (χ4n) is 1.42. The molecule has 0 heterocycles. The number of non-ortho nitro benzene ring substituents is 1. The molecule has 0 aromatic heterocycles. The van der Waals surface area contributed by atoms with Crippen molar-refractivity contribution in [2.45, 2.75) is 13.8 Å². The van der Waals surface area contributed by atoms with Crippen molar-refractivity contribution in [3.05, 3.63) is 39.0 Å². The number of nitrogen functional groups attached to an aromatic ring is 1. The van der Waals surface area contributed by atoms with Crippen LogP contribution in [0.1, 0.15) is 13.8 Å². The summed E-state index contributed by atoms with van der Waals surface area (Å²) in [4.78, 5) is 21.4. The van der Waals surface area contributed by atoms with Crippen molar-refractivity contribution in [1.29, 1.82) is 0 Å². The highest BCUT2D eigenvalue weighted by Crippen LogP contribution is 2.33. The average molecular weight is 300 g/mol. The Bertz CT molecular complexity index is 572. The molecule has 7 nitrogen and oxygen atoms in total. The van der Waals surface area contributed by atoms with Crippen molar-refractivity contribution in [3.63, 3.8) is 0 Å². The molecule has 0 amide bonds. The summed E-state index contributed by atoms with van der Waals surface area (Å²) in [7, 11) is 0. The van der Waals surface area contributed by atoms with Crippen molar-refractivity contribution in [2.24, 2.45) is 0 Å². The van der Waals surface area contributed by atoms with Crippen LogP contribution in [0, 0.1) is 10.1 Å². The number of rotatable bonds is 5. The van der Waals surface area contributed by atoms with Crippen LogP contribution in [-0.2, 0) is 9.53 Å². The third-order valence-corrected chi connectivity index (χ3v) is 2.59. The Hall–Kier alpha value is -2.28. The summed E-state index contributed by atoms with van der Waals surface area (Å²) in [5.74, 6) is -0.521. The van der Waals surface area contributed by atoms with Crippen molar-refractivity contribution in [3.8, 4) is 0 Å². The van der Waals surface area contributed by atoms with Gasteiger partial charge in [-0.05, 0) is 13.8 Å². The van der Waals surface area contributed by atoms with Gasteiger partial charge in [0, 0.05) is 23.9 Å². The van der Waals surface area contributed by atoms with E-state index in [4.69, 9.17) is 22.1 Å². The maximum absolute atomic E-state index is 11.3. The van der Waals surface area contributed by atoms with Gasteiger partial charge in [-0.1, -0.05) is 11.6 Å². The van der Waals surface area contributed by atoms with Crippen LogP contribution in [0.4, 0.5) is 17.1 Å². The second-order valence-corrected chi connectivity index (χ2v) is 4.26. The number of nitro benzene ring substituents is 1. The first-order valence-corrected chi connectivity index (χ1v) is 6.08. The van der Waals surface area contributed by atoms with Gasteiger partial charge in [0.15, 0.2) is 0 Å². The molecule has 0 atom stereocenters. The standard InChI is InChI=1S/C12H14ClN3O4/c1-3-20-11(17)4-7(2)15-10-6-8(16(18)19)5-9(13)12(10)14/h4-6,15H,3,14H2,1-2H3. The van der Waals surface area contributed by atoms with Crippen LogP contribution in [0.15, 0.2) is 23.9 Å². The van der Waals surface area contributed by atoms with E-state index in [1.165, 1.54) is 12.1 Å². The normalized spacial score (nSPS) is 11.1. The number of carbonyl (C=O) groups is 1. The highest BCUT2D eigenvalue weighted by atomic mass is 35.5. The SMILES string of the molecule is CCOC(=O)C=C(C)Nc1cc([N+](=O)[O-])cc(Cl)c1N. The van der Waals surface area contributed by atoms with Gasteiger partial charge in [0.1, 0.15) is 0 Å². The van der Waals surface area contributed by atoms with Crippen LogP contribution in [0.2, 0.25) is 5.02 Å². The van der Waals surface area contributed by atoms with Crippen LogP contribution in [0.5, 0.6) is 0 Å². The van der Waals surface area contributed by atoms with E-state index in [1.54, 1.807) is 13.8 Å². The number of nitrogens with zero attached hydrogens (tertiary/aromatic N) is 1. The molecule has 20 heavy (non-hydrogen) atoms. The Labute approximate surface area is 120 Å². The van der Waals surface area contributed by atoms with Gasteiger partial charge in [0.25, 0.3) is 5.69 Å². The Morgan fingerprint density at radius 2 is 2.25 bits per heavy atom. The summed E-state index contributed by atoms with van der Waals surface area (Å²) in [5.41, 5.74) is 6.37. The summed E-state index contributed by atoms with van der Waals surface area (Å²) >= 11 is 5.82. The minimum atomic E-state index is -0.582. The molecule has 0 unspecified atom stereocenters. The lowest BCUT2D eigenvalue weighted by molar-refractivity contribution is -0.384. The van der Waals surface area contributed by atoms with Crippen LogP contribution in [0.3, 0.4) is 0 Å². The van der Waals surface area contributed by atoms with Crippen LogP contribution >= 0.6 is 11.6 Å². The van der Waals surface area contributed by atoms with E-state index in [0.717, 1.165) is 6.07 Å². The van der Waals surface area contributed by atoms with Crippen molar-refractivity contribution < 1.29 is 14.5 Å². The molecule has 0 fully saturated rings. The third kappa shape index (κ3) is 4.13. The molecule has 0 radical (unpaired) electrons. The van der Waals surface area contributed by atoms with Gasteiger partial charge >= 0.3 is 5.97 Å². The first-order valence-electron chi connectivity index (χ1n) is 5.70. The summed E-state index contributed by atoms with van der Waals surface area (Å²) in [6.07, 6.45) is 1.22. The van der Waals surface area contributed by atoms with E-state index in [2.05, 4.69) is 5.32 Å². The zero-order chi connectivity index (χ0) is 15.3. The predicted molar refractivity (Wildman–Crippen MR) is 76.5 cm³/mol. The molecule has 0 saturated heterocycles. The van der Waals surface area contributed by atoms with Gasteiger partial charge in [-0.3, -0.25) is 10.1 Å². The van der Waals surface area contributed by atoms with Gasteiger partial charge in [-0.15, -0.1) is 0 Å². The number of hydrogen-bond acceptors (Lipinski definition) is 6. The molecule has 0 aliphatic rings. The lowest BCUT2D eigenvalue weighted by Crippen LogP contribution is -2.06. The first-order chi connectivity index (χ1) is 9.35. The van der Waals surface area contributed by atoms with E-state index >= 15 is 0 Å². The Morgan fingerprint density at radius 1 is 1.60 bits per heavy atom. The molecule has 108 valence electrons. The molecule has 1 aromatic carbocycles. The molecule has 0 saturated carbocycles. The van der Waals surface area contributed by atoms with Crippen LogP contribution in [-0.4, -0.2) is 17.5 Å². The first kappa shape index (κ1) is 15.8. The monoisotopic (exact) mass is 299 g/mol. The zero-order valence-electron chi connectivity index (χ0n) is 11.0. The number of nitrogens with one attached hydrogen (secondary N) is 1. The zero-order valence-corrected chi connectivity index (χ0v) is 11.7. The van der Waals surface area contributed by atoms with Gasteiger partial charge in [-0.25, -0.2) is 4.79 Å². The molecule has 3 N–H and O–H groups in total. The topological polar surface area (TPSA) is 107 Å². The second kappa shape index (κ2) is 6.76. The highest BCUT2D eigenvalue weighted by molar-refractivity contribution is 6.34. The molecule has 0 bridgehead atoms. The fourth-order valence-corrected chi connectivity index (χ4v) is 1.64. The Kier molecular flexibility index (Phi) is 5.33. The number of nitro groups is 1. The number of nitrogens with two attached hydrogens (primary N) is 1. The van der Waals surface area contributed by atoms with E-state index < -0.39 is 10.9 Å². The molecule has 1 rings (SSSR count). The Balaban J connectivity index is 3.02. The summed E-state index contributed by atoms with van der Waals surface area (Å²) in [5, 5.41) is 13.6. The lowest BCUT2D eigenvalue weighted by Gasteiger charge is -2.10. The molecule has 0 aliphatic heterocycles.